The number of halogens is 1. The second-order valence-electron chi connectivity index (χ2n) is 7.03. The van der Waals surface area contributed by atoms with E-state index in [-0.39, 0.29) is 0 Å². The number of nitrogens with two attached hydrogens (primary N) is 1. The van der Waals surface area contributed by atoms with Gasteiger partial charge in [0.25, 0.3) is 5.91 Å². The smallest absolute Gasteiger partial charge is 0.254 e. The van der Waals surface area contributed by atoms with Crippen molar-refractivity contribution in [1.29, 1.82) is 0 Å². The molecule has 0 spiro atoms. The fourth-order valence-electron chi connectivity index (χ4n) is 3.87. The molecule has 0 aliphatic carbocycles. The minimum absolute atomic E-state index is 0.335. The number of piperidine rings is 1. The van der Waals surface area contributed by atoms with E-state index in [4.69, 9.17) is 22.4 Å². The predicted molar refractivity (Wildman–Crippen MR) is 111 cm³/mol. The monoisotopic (exact) mass is 395 g/mol. The first-order valence-electron chi connectivity index (χ1n) is 9.21. The Morgan fingerprint density at radius 1 is 1.29 bits per heavy atom. The number of rotatable bonds is 5. The quantitative estimate of drug-likeness (QED) is 0.641. The molecule has 1 fully saturated rings. The maximum atomic E-state index is 12.2. The number of allylic oxidation sites excluding steroid dienone is 1. The molecular weight excluding hydrogens is 374 g/mol. The van der Waals surface area contributed by atoms with E-state index < -0.39 is 5.91 Å². The minimum atomic E-state index is -0.509. The molecule has 3 heterocycles. The number of amides is 1. The third kappa shape index (κ3) is 3.10. The molecule has 1 aromatic carbocycles. The van der Waals surface area contributed by atoms with E-state index in [1.54, 1.807) is 18.2 Å². The van der Waals surface area contributed by atoms with Crippen LogP contribution >= 0.6 is 11.6 Å². The molecule has 0 saturated carbocycles. The fourth-order valence-corrected chi connectivity index (χ4v) is 3.99. The van der Waals surface area contributed by atoms with E-state index in [0.717, 1.165) is 42.9 Å². The number of carbonyl (C=O) groups excluding carboxylic acids is 1. The number of hydrogen-bond donors (Lipinski definition) is 2. The average Bonchev–Trinajstić information content (AvgIpc) is 3.27. The Morgan fingerprint density at radius 2 is 1.96 bits per heavy atom. The second-order valence-corrected chi connectivity index (χ2v) is 7.46. The van der Waals surface area contributed by atoms with Gasteiger partial charge in [-0.2, -0.15) is 5.10 Å². The maximum Gasteiger partial charge on any atom is 0.254 e. The van der Waals surface area contributed by atoms with Crippen molar-refractivity contribution >= 4 is 23.2 Å². The third-order valence-corrected chi connectivity index (χ3v) is 5.66. The summed E-state index contributed by atoms with van der Waals surface area (Å²) in [5.41, 5.74) is 10.1. The number of carbonyl (C=O) groups is 1. The zero-order valence-corrected chi connectivity index (χ0v) is 16.2. The molecule has 28 heavy (non-hydrogen) atoms. The Balaban J connectivity index is 1.71. The van der Waals surface area contributed by atoms with Crippen molar-refractivity contribution in [2.75, 3.05) is 13.1 Å². The number of H-pyrrole nitrogens is 1. The third-order valence-electron chi connectivity index (χ3n) is 5.41. The summed E-state index contributed by atoms with van der Waals surface area (Å²) in [5, 5.41) is 5.36. The molecule has 4 rings (SSSR count). The topological polar surface area (TPSA) is 79.4 Å². The molecule has 7 heteroatoms. The first-order valence-corrected chi connectivity index (χ1v) is 9.59. The van der Waals surface area contributed by atoms with Crippen LogP contribution in [0.5, 0.6) is 0 Å². The number of benzene rings is 1. The van der Waals surface area contributed by atoms with Crippen molar-refractivity contribution < 1.29 is 4.79 Å². The number of nitrogens with one attached hydrogen (secondary N) is 1. The first-order chi connectivity index (χ1) is 13.5. The average molecular weight is 396 g/mol. The van der Waals surface area contributed by atoms with Crippen molar-refractivity contribution in [2.45, 2.75) is 18.8 Å². The van der Waals surface area contributed by atoms with Crippen LogP contribution in [0, 0.1) is 0 Å². The van der Waals surface area contributed by atoms with Gasteiger partial charge in [-0.1, -0.05) is 36.9 Å². The van der Waals surface area contributed by atoms with E-state index in [1.807, 2.05) is 22.8 Å². The molecule has 6 nitrogen and oxygen atoms in total. The van der Waals surface area contributed by atoms with Crippen LogP contribution in [0.15, 0.2) is 55.4 Å². The Morgan fingerprint density at radius 3 is 2.57 bits per heavy atom. The fraction of sp³-hybridized carbons (Fsp3) is 0.238. The zero-order chi connectivity index (χ0) is 19.8. The highest BCUT2D eigenvalue weighted by Gasteiger charge is 2.27. The van der Waals surface area contributed by atoms with Gasteiger partial charge in [0.2, 0.25) is 0 Å². The second kappa shape index (κ2) is 7.20. The predicted octanol–water partition coefficient (Wildman–Crippen LogP) is 3.96. The molecule has 3 aromatic rings. The number of aromatic nitrogens is 3. The lowest BCUT2D eigenvalue weighted by Crippen LogP contribution is -2.31. The summed E-state index contributed by atoms with van der Waals surface area (Å²) in [6.45, 7) is 9.65. The van der Waals surface area contributed by atoms with E-state index in [0.29, 0.717) is 27.8 Å². The first kappa shape index (κ1) is 18.4. The van der Waals surface area contributed by atoms with Crippen LogP contribution in [0.2, 0.25) is 5.02 Å². The van der Waals surface area contributed by atoms with Gasteiger partial charge in [-0.05, 0) is 31.1 Å². The van der Waals surface area contributed by atoms with Crippen molar-refractivity contribution in [3.63, 3.8) is 0 Å². The molecule has 1 aliphatic heterocycles. The van der Waals surface area contributed by atoms with Crippen molar-refractivity contribution in [3.05, 3.63) is 71.7 Å². The number of nitrogens with zero attached hydrogens (tertiary/aromatic N) is 3. The van der Waals surface area contributed by atoms with Gasteiger partial charge < -0.3 is 15.6 Å². The molecule has 1 amide bonds. The number of primary amides is 1. The lowest BCUT2D eigenvalue weighted by atomic mass is 9.94. The molecule has 0 atom stereocenters. The Kier molecular flexibility index (Phi) is 4.73. The van der Waals surface area contributed by atoms with E-state index >= 15 is 0 Å². The Bertz CT molecular complexity index is 1050. The highest BCUT2D eigenvalue weighted by molar-refractivity contribution is 6.30. The highest BCUT2D eigenvalue weighted by Crippen LogP contribution is 2.33. The molecule has 0 radical (unpaired) electrons. The largest absolute Gasteiger partial charge is 0.372 e. The van der Waals surface area contributed by atoms with Gasteiger partial charge in [0.15, 0.2) is 0 Å². The zero-order valence-electron chi connectivity index (χ0n) is 15.5. The summed E-state index contributed by atoms with van der Waals surface area (Å²) in [5.74, 6) is -0.174. The summed E-state index contributed by atoms with van der Waals surface area (Å²) in [7, 11) is 0. The van der Waals surface area contributed by atoms with Crippen LogP contribution in [-0.2, 0) is 0 Å². The number of hydrogen-bond acceptors (Lipinski definition) is 3. The molecule has 0 unspecified atom stereocenters. The molecule has 2 aromatic heterocycles. The van der Waals surface area contributed by atoms with E-state index in [9.17, 15) is 4.79 Å². The normalized spacial score (nSPS) is 15.1. The van der Waals surface area contributed by atoms with Crippen LogP contribution < -0.4 is 5.73 Å². The standard InChI is InChI=1S/C21H22ClN5O/c1-3-13(2)26-10-8-14(9-11-26)17-12-24-21-18(20(23)28)19(25-27(17)21)15-4-6-16(22)7-5-15/h3-7,12,14,24H,1-2,8-11H2,(H2,23,28). The van der Waals surface area contributed by atoms with Gasteiger partial charge >= 0.3 is 0 Å². The van der Waals surface area contributed by atoms with Crippen LogP contribution in [-0.4, -0.2) is 38.5 Å². The van der Waals surface area contributed by atoms with Crippen LogP contribution in [0.3, 0.4) is 0 Å². The van der Waals surface area contributed by atoms with Gasteiger partial charge in [-0.3, -0.25) is 4.79 Å². The van der Waals surface area contributed by atoms with Gasteiger partial charge in [-0.15, -0.1) is 0 Å². The van der Waals surface area contributed by atoms with Gasteiger partial charge in [-0.25, -0.2) is 4.52 Å². The van der Waals surface area contributed by atoms with Gasteiger partial charge in [0, 0.05) is 41.5 Å². The summed E-state index contributed by atoms with van der Waals surface area (Å²) in [6.07, 6.45) is 5.67. The SMILES string of the molecule is C=CC(=C)N1CCC(c2c[nH]c3c(C(N)=O)c(-c4ccc(Cl)cc4)nn23)CC1. The van der Waals surface area contributed by atoms with E-state index in [2.05, 4.69) is 23.0 Å². The Hall–Kier alpha value is -2.99. The molecule has 1 saturated heterocycles. The van der Waals surface area contributed by atoms with Crippen LogP contribution in [0.25, 0.3) is 16.9 Å². The number of aromatic amines is 1. The maximum absolute atomic E-state index is 12.2. The van der Waals surface area contributed by atoms with E-state index in [1.165, 1.54) is 0 Å². The van der Waals surface area contributed by atoms with Crippen LogP contribution in [0.1, 0.15) is 34.8 Å². The lowest BCUT2D eigenvalue weighted by molar-refractivity contribution is 0.100. The Labute approximate surface area is 168 Å². The molecule has 1 aliphatic rings. The van der Waals surface area contributed by atoms with Gasteiger partial charge in [0.05, 0.1) is 5.69 Å². The highest BCUT2D eigenvalue weighted by atomic mass is 35.5. The van der Waals surface area contributed by atoms with Crippen molar-refractivity contribution in [3.8, 4) is 11.3 Å². The molecule has 3 N–H and O–H groups in total. The number of imidazole rings is 1. The molecule has 144 valence electrons. The minimum Gasteiger partial charge on any atom is -0.372 e. The van der Waals surface area contributed by atoms with Crippen LogP contribution in [0.4, 0.5) is 0 Å². The number of fused-ring (bicyclic) bond motifs is 1. The van der Waals surface area contributed by atoms with Gasteiger partial charge in [0.1, 0.15) is 16.9 Å². The molecular formula is C21H22ClN5O. The summed E-state index contributed by atoms with van der Waals surface area (Å²) in [6, 6.07) is 7.24. The van der Waals surface area contributed by atoms with Crippen molar-refractivity contribution in [2.24, 2.45) is 5.73 Å². The summed E-state index contributed by atoms with van der Waals surface area (Å²) >= 11 is 5.99. The lowest BCUT2D eigenvalue weighted by Gasteiger charge is -2.33. The summed E-state index contributed by atoms with van der Waals surface area (Å²) in [4.78, 5) is 17.6. The van der Waals surface area contributed by atoms with Crippen molar-refractivity contribution in [1.82, 2.24) is 19.5 Å². The summed E-state index contributed by atoms with van der Waals surface area (Å²) < 4.78 is 1.83. The number of likely N-dealkylation sites (tertiary alicyclic amines) is 1. The molecule has 0 bridgehead atoms.